The molecule has 27 heavy (non-hydrogen) atoms. The fourth-order valence-electron chi connectivity index (χ4n) is 2.83. The highest BCUT2D eigenvalue weighted by molar-refractivity contribution is 8.16. The Labute approximate surface area is 162 Å². The van der Waals surface area contributed by atoms with Crippen LogP contribution in [0.1, 0.15) is 18.9 Å². The van der Waals surface area contributed by atoms with Gasteiger partial charge in [-0.25, -0.2) is 0 Å². The molecule has 1 aliphatic rings. The zero-order valence-electron chi connectivity index (χ0n) is 15.2. The molecular weight excluding hydrogens is 362 g/mol. The topological polar surface area (TPSA) is 82.5 Å². The van der Waals surface area contributed by atoms with Crippen molar-refractivity contribution in [1.29, 1.82) is 5.41 Å². The zero-order valence-corrected chi connectivity index (χ0v) is 16.0. The third-order valence-electron chi connectivity index (χ3n) is 4.13. The number of hydrogen-bond donors (Lipinski definition) is 2. The molecule has 1 heterocycles. The van der Waals surface area contributed by atoms with Gasteiger partial charge in [-0.2, -0.15) is 0 Å². The smallest absolute Gasteiger partial charge is 0.247 e. The molecule has 0 aromatic heterocycles. The maximum Gasteiger partial charge on any atom is 0.247 e. The Balaban J connectivity index is 1.64. The molecule has 0 aliphatic carbocycles. The quantitative estimate of drug-likeness (QED) is 0.795. The van der Waals surface area contributed by atoms with Crippen LogP contribution in [0.3, 0.4) is 0 Å². The van der Waals surface area contributed by atoms with Crippen LogP contribution in [0.4, 0.5) is 11.4 Å². The molecule has 2 N–H and O–H groups in total. The van der Waals surface area contributed by atoms with Crippen molar-refractivity contribution in [3.05, 3.63) is 54.1 Å². The average Bonchev–Trinajstić information content (AvgIpc) is 2.91. The number of aryl methyl sites for hydroxylation is 1. The summed E-state index contributed by atoms with van der Waals surface area (Å²) < 4.78 is 5.37. The lowest BCUT2D eigenvalue weighted by Gasteiger charge is -2.17. The van der Waals surface area contributed by atoms with Gasteiger partial charge in [0.25, 0.3) is 0 Å². The van der Waals surface area contributed by atoms with Gasteiger partial charge in [0.1, 0.15) is 11.0 Å². The highest BCUT2D eigenvalue weighted by Crippen LogP contribution is 2.34. The number of benzene rings is 2. The Morgan fingerprint density at radius 3 is 2.59 bits per heavy atom. The number of ether oxygens (including phenoxy) is 1. The average molecular weight is 383 g/mol. The van der Waals surface area contributed by atoms with E-state index in [2.05, 4.69) is 5.32 Å². The molecular formula is C20H21N3O3S. The molecule has 0 radical (unpaired) electrons. The van der Waals surface area contributed by atoms with Crippen LogP contribution in [0.15, 0.2) is 48.5 Å². The maximum atomic E-state index is 12.7. The SMILES string of the molecule is CCOc1ccc(NC(=O)C[C@H]2SC(=N)N(c3ccccc3C)C2=O)cc1. The van der Waals surface area contributed by atoms with Crippen molar-refractivity contribution in [2.24, 2.45) is 0 Å². The largest absolute Gasteiger partial charge is 0.494 e. The molecule has 2 amide bonds. The fraction of sp³-hybridized carbons (Fsp3) is 0.250. The van der Waals surface area contributed by atoms with E-state index >= 15 is 0 Å². The zero-order chi connectivity index (χ0) is 19.4. The summed E-state index contributed by atoms with van der Waals surface area (Å²) in [5, 5.41) is 10.5. The van der Waals surface area contributed by atoms with Crippen LogP contribution in [0.5, 0.6) is 5.75 Å². The number of para-hydroxylation sites is 1. The van der Waals surface area contributed by atoms with E-state index in [0.29, 0.717) is 18.0 Å². The van der Waals surface area contributed by atoms with Crippen molar-refractivity contribution >= 4 is 40.1 Å². The normalized spacial score (nSPS) is 16.5. The van der Waals surface area contributed by atoms with Gasteiger partial charge < -0.3 is 10.1 Å². The third-order valence-corrected chi connectivity index (χ3v) is 5.19. The first-order valence-corrected chi connectivity index (χ1v) is 9.55. The van der Waals surface area contributed by atoms with Crippen LogP contribution in [-0.2, 0) is 9.59 Å². The van der Waals surface area contributed by atoms with Gasteiger partial charge in [-0.3, -0.25) is 19.9 Å². The van der Waals surface area contributed by atoms with Gasteiger partial charge >= 0.3 is 0 Å². The predicted octanol–water partition coefficient (Wildman–Crippen LogP) is 3.81. The molecule has 1 aliphatic heterocycles. The number of hydrogen-bond acceptors (Lipinski definition) is 5. The summed E-state index contributed by atoms with van der Waals surface area (Å²) in [5.41, 5.74) is 2.25. The van der Waals surface area contributed by atoms with Crippen LogP contribution in [0.25, 0.3) is 0 Å². The lowest BCUT2D eigenvalue weighted by molar-refractivity contribution is -0.121. The van der Waals surface area contributed by atoms with E-state index in [4.69, 9.17) is 10.1 Å². The maximum absolute atomic E-state index is 12.7. The number of amidine groups is 1. The Morgan fingerprint density at radius 1 is 1.22 bits per heavy atom. The van der Waals surface area contributed by atoms with Gasteiger partial charge in [0.2, 0.25) is 11.8 Å². The van der Waals surface area contributed by atoms with Gasteiger partial charge in [-0.1, -0.05) is 30.0 Å². The highest BCUT2D eigenvalue weighted by atomic mass is 32.2. The molecule has 0 unspecified atom stereocenters. The van der Waals surface area contributed by atoms with Crippen molar-refractivity contribution in [1.82, 2.24) is 0 Å². The van der Waals surface area contributed by atoms with Crippen molar-refractivity contribution in [3.8, 4) is 5.75 Å². The van der Waals surface area contributed by atoms with E-state index in [1.807, 2.05) is 38.1 Å². The van der Waals surface area contributed by atoms with Crippen molar-refractivity contribution < 1.29 is 14.3 Å². The Hall–Kier alpha value is -2.80. The second kappa shape index (κ2) is 8.26. The predicted molar refractivity (Wildman–Crippen MR) is 109 cm³/mol. The lowest BCUT2D eigenvalue weighted by Crippen LogP contribution is -2.33. The van der Waals surface area contributed by atoms with Crippen molar-refractivity contribution in [3.63, 3.8) is 0 Å². The molecule has 3 rings (SSSR count). The van der Waals surface area contributed by atoms with E-state index in [-0.39, 0.29) is 23.4 Å². The minimum absolute atomic E-state index is 0.0153. The Morgan fingerprint density at radius 2 is 1.93 bits per heavy atom. The highest BCUT2D eigenvalue weighted by Gasteiger charge is 2.39. The molecule has 1 fully saturated rings. The standard InChI is InChI=1S/C20H21N3O3S/c1-3-26-15-10-8-14(9-11-15)22-18(24)12-17-19(25)23(20(21)27-17)16-7-5-4-6-13(16)2/h4-11,17,21H,3,12H2,1-2H3,(H,22,24)/t17-/m1/s1. The molecule has 6 nitrogen and oxygen atoms in total. The molecule has 2 aromatic carbocycles. The van der Waals surface area contributed by atoms with Crippen LogP contribution in [-0.4, -0.2) is 28.8 Å². The summed E-state index contributed by atoms with van der Waals surface area (Å²) in [6, 6.07) is 14.5. The lowest BCUT2D eigenvalue weighted by atomic mass is 10.1. The number of carbonyl (C=O) groups excluding carboxylic acids is 2. The molecule has 2 aromatic rings. The summed E-state index contributed by atoms with van der Waals surface area (Å²) in [6.45, 7) is 4.38. The summed E-state index contributed by atoms with van der Waals surface area (Å²) in [6.07, 6.45) is 0.0153. The second-order valence-electron chi connectivity index (χ2n) is 6.08. The number of rotatable bonds is 6. The van der Waals surface area contributed by atoms with Gasteiger partial charge in [0.15, 0.2) is 5.17 Å². The second-order valence-corrected chi connectivity index (χ2v) is 7.27. The van der Waals surface area contributed by atoms with Crippen LogP contribution < -0.4 is 15.0 Å². The molecule has 0 bridgehead atoms. The van der Waals surface area contributed by atoms with Gasteiger partial charge in [-0.05, 0) is 49.7 Å². The Kier molecular flexibility index (Phi) is 5.81. The first kappa shape index (κ1) is 19.0. The minimum atomic E-state index is -0.597. The van der Waals surface area contributed by atoms with Crippen LogP contribution in [0.2, 0.25) is 0 Å². The first-order valence-electron chi connectivity index (χ1n) is 8.67. The fourth-order valence-corrected chi connectivity index (χ4v) is 3.84. The van der Waals surface area contributed by atoms with Gasteiger partial charge in [-0.15, -0.1) is 0 Å². The van der Waals surface area contributed by atoms with Crippen molar-refractivity contribution in [2.45, 2.75) is 25.5 Å². The van der Waals surface area contributed by atoms with E-state index in [0.717, 1.165) is 23.1 Å². The molecule has 0 saturated carbocycles. The molecule has 7 heteroatoms. The van der Waals surface area contributed by atoms with Crippen molar-refractivity contribution in [2.75, 3.05) is 16.8 Å². The van der Waals surface area contributed by atoms with Gasteiger partial charge in [0.05, 0.1) is 12.3 Å². The third kappa shape index (κ3) is 4.31. The van der Waals surface area contributed by atoms with Crippen LogP contribution >= 0.6 is 11.8 Å². The molecule has 1 atom stereocenters. The van der Waals surface area contributed by atoms with E-state index < -0.39 is 5.25 Å². The van der Waals surface area contributed by atoms with E-state index in [1.165, 1.54) is 4.90 Å². The summed E-state index contributed by atoms with van der Waals surface area (Å²) in [7, 11) is 0. The Bertz CT molecular complexity index is 867. The summed E-state index contributed by atoms with van der Waals surface area (Å²) in [5.74, 6) is 0.241. The number of anilines is 2. The van der Waals surface area contributed by atoms with Gasteiger partial charge in [0, 0.05) is 12.1 Å². The number of carbonyl (C=O) groups is 2. The summed E-state index contributed by atoms with van der Waals surface area (Å²) in [4.78, 5) is 26.5. The number of thioether (sulfide) groups is 1. The number of amides is 2. The number of nitrogens with one attached hydrogen (secondary N) is 2. The van der Waals surface area contributed by atoms with E-state index in [1.54, 1.807) is 24.3 Å². The first-order chi connectivity index (χ1) is 13.0. The summed E-state index contributed by atoms with van der Waals surface area (Å²) >= 11 is 1.11. The molecule has 1 saturated heterocycles. The number of nitrogens with zero attached hydrogens (tertiary/aromatic N) is 1. The minimum Gasteiger partial charge on any atom is -0.494 e. The van der Waals surface area contributed by atoms with E-state index in [9.17, 15) is 9.59 Å². The molecule has 0 spiro atoms. The van der Waals surface area contributed by atoms with Crippen LogP contribution in [0, 0.1) is 12.3 Å². The molecule has 140 valence electrons. The monoisotopic (exact) mass is 383 g/mol.